The minimum absolute atomic E-state index is 0.0613. The number of primary amides is 1. The maximum Gasteiger partial charge on any atom is 0.338 e. The third-order valence-electron chi connectivity index (χ3n) is 1.67. The number of hydrogen-bond acceptors (Lipinski definition) is 3. The van der Waals surface area contributed by atoms with E-state index in [1.54, 1.807) is 6.92 Å². The lowest BCUT2D eigenvalue weighted by atomic mass is 10.1. The molecule has 1 rings (SSSR count). The van der Waals surface area contributed by atoms with Crippen molar-refractivity contribution in [3.05, 3.63) is 28.0 Å². The molecule has 0 fully saturated rings. The van der Waals surface area contributed by atoms with E-state index >= 15 is 0 Å². The van der Waals surface area contributed by atoms with E-state index in [0.29, 0.717) is 5.69 Å². The molecule has 6 heteroatoms. The molecule has 1 aromatic heterocycles. The highest BCUT2D eigenvalue weighted by Gasteiger charge is 2.20. The van der Waals surface area contributed by atoms with Crippen molar-refractivity contribution in [2.45, 2.75) is 6.92 Å². The van der Waals surface area contributed by atoms with E-state index in [-0.39, 0.29) is 16.1 Å². The number of nitrogens with zero attached hydrogens (tertiary/aromatic N) is 1. The van der Waals surface area contributed by atoms with Gasteiger partial charge in [-0.2, -0.15) is 0 Å². The highest BCUT2D eigenvalue weighted by Crippen LogP contribution is 2.21. The highest BCUT2D eigenvalue weighted by molar-refractivity contribution is 6.35. The number of halogens is 1. The van der Waals surface area contributed by atoms with Crippen molar-refractivity contribution in [3.8, 4) is 0 Å². The number of aryl methyl sites for hydroxylation is 1. The first kappa shape index (κ1) is 10.5. The van der Waals surface area contributed by atoms with Crippen LogP contribution in [-0.2, 0) is 0 Å². The Morgan fingerprint density at radius 2 is 2.14 bits per heavy atom. The van der Waals surface area contributed by atoms with E-state index in [0.717, 1.165) is 6.20 Å². The number of nitrogens with two attached hydrogens (primary N) is 1. The first-order chi connectivity index (χ1) is 6.45. The largest absolute Gasteiger partial charge is 0.478 e. The molecule has 1 heterocycles. The van der Waals surface area contributed by atoms with E-state index in [4.69, 9.17) is 22.4 Å². The second-order valence-electron chi connectivity index (χ2n) is 2.62. The summed E-state index contributed by atoms with van der Waals surface area (Å²) in [6, 6.07) is 0. The van der Waals surface area contributed by atoms with Gasteiger partial charge in [0.1, 0.15) is 0 Å². The van der Waals surface area contributed by atoms with E-state index in [9.17, 15) is 9.59 Å². The Morgan fingerprint density at radius 3 is 2.57 bits per heavy atom. The molecule has 0 aromatic carbocycles. The Bertz CT molecular complexity index is 417. The minimum Gasteiger partial charge on any atom is -0.478 e. The Morgan fingerprint density at radius 1 is 1.57 bits per heavy atom. The zero-order valence-corrected chi connectivity index (χ0v) is 8.00. The number of aromatic nitrogens is 1. The summed E-state index contributed by atoms with van der Waals surface area (Å²) in [6.07, 6.45) is 1.10. The molecule has 3 N–H and O–H groups in total. The number of carbonyl (C=O) groups is 2. The average Bonchev–Trinajstić information content (AvgIpc) is 2.08. The van der Waals surface area contributed by atoms with Gasteiger partial charge < -0.3 is 10.8 Å². The average molecular weight is 215 g/mol. The van der Waals surface area contributed by atoms with Crippen molar-refractivity contribution in [2.24, 2.45) is 5.73 Å². The summed E-state index contributed by atoms with van der Waals surface area (Å²) < 4.78 is 0. The Kier molecular flexibility index (Phi) is 2.71. The number of pyridine rings is 1. The van der Waals surface area contributed by atoms with Gasteiger partial charge in [-0.1, -0.05) is 11.6 Å². The Labute approximate surface area is 84.5 Å². The minimum atomic E-state index is -1.30. The maximum absolute atomic E-state index is 10.8. The monoisotopic (exact) mass is 214 g/mol. The summed E-state index contributed by atoms with van der Waals surface area (Å²) >= 11 is 5.69. The fourth-order valence-corrected chi connectivity index (χ4v) is 1.21. The molecule has 0 saturated heterocycles. The number of aromatic carboxylic acids is 1. The molecule has 0 spiro atoms. The molecule has 0 unspecified atom stereocenters. The van der Waals surface area contributed by atoms with Crippen LogP contribution in [0.1, 0.15) is 26.4 Å². The van der Waals surface area contributed by atoms with Gasteiger partial charge in [0.15, 0.2) is 0 Å². The molecule has 0 aliphatic rings. The van der Waals surface area contributed by atoms with Crippen molar-refractivity contribution in [1.82, 2.24) is 4.98 Å². The van der Waals surface area contributed by atoms with Crippen molar-refractivity contribution < 1.29 is 14.7 Å². The van der Waals surface area contributed by atoms with Crippen LogP contribution < -0.4 is 5.73 Å². The van der Waals surface area contributed by atoms with Gasteiger partial charge in [0, 0.05) is 6.20 Å². The van der Waals surface area contributed by atoms with Gasteiger partial charge in [0.2, 0.25) is 0 Å². The summed E-state index contributed by atoms with van der Waals surface area (Å²) in [7, 11) is 0. The van der Waals surface area contributed by atoms with Gasteiger partial charge in [0.05, 0.1) is 21.8 Å². The van der Waals surface area contributed by atoms with Gasteiger partial charge in [-0.3, -0.25) is 9.78 Å². The highest BCUT2D eigenvalue weighted by atomic mass is 35.5. The fourth-order valence-electron chi connectivity index (χ4n) is 0.978. The van der Waals surface area contributed by atoms with Crippen molar-refractivity contribution >= 4 is 23.5 Å². The molecule has 5 nitrogen and oxygen atoms in total. The molecule has 0 aliphatic carbocycles. The predicted molar refractivity (Wildman–Crippen MR) is 49.5 cm³/mol. The second-order valence-corrected chi connectivity index (χ2v) is 2.99. The Balaban J connectivity index is 3.53. The van der Waals surface area contributed by atoms with E-state index in [1.807, 2.05) is 0 Å². The van der Waals surface area contributed by atoms with Crippen LogP contribution in [0.25, 0.3) is 0 Å². The molecule has 14 heavy (non-hydrogen) atoms. The molecule has 0 saturated carbocycles. The molecule has 0 aliphatic heterocycles. The predicted octanol–water partition coefficient (Wildman–Crippen LogP) is 0.841. The van der Waals surface area contributed by atoms with Crippen molar-refractivity contribution in [3.63, 3.8) is 0 Å². The standard InChI is InChI=1S/C8H7ClN2O3/c1-3-6(9)5(8(13)14)4(2-11-3)7(10)12/h2H,1H3,(H2,10,12)(H,13,14). The molecular formula is C8H7ClN2O3. The van der Waals surface area contributed by atoms with Gasteiger partial charge in [-0.15, -0.1) is 0 Å². The van der Waals surface area contributed by atoms with Gasteiger partial charge >= 0.3 is 5.97 Å². The van der Waals surface area contributed by atoms with Crippen molar-refractivity contribution in [2.75, 3.05) is 0 Å². The van der Waals surface area contributed by atoms with Gasteiger partial charge in [-0.25, -0.2) is 4.79 Å². The van der Waals surface area contributed by atoms with Gasteiger partial charge in [-0.05, 0) is 6.92 Å². The fraction of sp³-hybridized carbons (Fsp3) is 0.125. The lowest BCUT2D eigenvalue weighted by Gasteiger charge is -2.05. The number of carboxylic acids is 1. The molecule has 1 amide bonds. The van der Waals surface area contributed by atoms with Crippen LogP contribution in [0.15, 0.2) is 6.20 Å². The smallest absolute Gasteiger partial charge is 0.338 e. The molecule has 0 atom stereocenters. The molecule has 0 bridgehead atoms. The van der Waals surface area contributed by atoms with Crippen LogP contribution in [-0.4, -0.2) is 22.0 Å². The number of rotatable bonds is 2. The maximum atomic E-state index is 10.8. The number of hydrogen-bond donors (Lipinski definition) is 2. The number of amides is 1. The summed E-state index contributed by atoms with van der Waals surface area (Å²) in [5.41, 5.74) is 4.83. The van der Waals surface area contributed by atoms with Crippen LogP contribution in [0.3, 0.4) is 0 Å². The van der Waals surface area contributed by atoms with Crippen LogP contribution in [0, 0.1) is 6.92 Å². The van der Waals surface area contributed by atoms with E-state index < -0.39 is 11.9 Å². The van der Waals surface area contributed by atoms with Crippen LogP contribution >= 0.6 is 11.6 Å². The quantitative estimate of drug-likeness (QED) is 0.763. The first-order valence-electron chi connectivity index (χ1n) is 3.63. The van der Waals surface area contributed by atoms with Crippen LogP contribution in [0.2, 0.25) is 5.02 Å². The van der Waals surface area contributed by atoms with E-state index in [2.05, 4.69) is 4.98 Å². The molecular weight excluding hydrogens is 208 g/mol. The number of carboxylic acid groups (broad SMARTS) is 1. The zero-order chi connectivity index (χ0) is 10.9. The third kappa shape index (κ3) is 1.67. The number of carbonyl (C=O) groups excluding carboxylic acids is 1. The molecule has 1 aromatic rings. The summed E-state index contributed by atoms with van der Waals surface area (Å²) in [4.78, 5) is 25.4. The molecule has 74 valence electrons. The third-order valence-corrected chi connectivity index (χ3v) is 2.14. The van der Waals surface area contributed by atoms with Crippen LogP contribution in [0.4, 0.5) is 0 Å². The lowest BCUT2D eigenvalue weighted by Crippen LogP contribution is -2.17. The summed E-state index contributed by atoms with van der Waals surface area (Å²) in [6.45, 7) is 1.54. The normalized spacial score (nSPS) is 9.86. The summed E-state index contributed by atoms with van der Waals surface area (Å²) in [5, 5.41) is 8.74. The SMILES string of the molecule is Cc1ncc(C(N)=O)c(C(=O)O)c1Cl. The molecule has 0 radical (unpaired) electrons. The zero-order valence-electron chi connectivity index (χ0n) is 7.24. The second kappa shape index (κ2) is 3.63. The summed E-state index contributed by atoms with van der Waals surface area (Å²) in [5.74, 6) is -2.16. The first-order valence-corrected chi connectivity index (χ1v) is 4.01. The van der Waals surface area contributed by atoms with E-state index in [1.165, 1.54) is 0 Å². The topological polar surface area (TPSA) is 93.3 Å². The van der Waals surface area contributed by atoms with Crippen molar-refractivity contribution in [1.29, 1.82) is 0 Å². The van der Waals surface area contributed by atoms with Crippen LogP contribution in [0.5, 0.6) is 0 Å². The Hall–Kier alpha value is -1.62. The van der Waals surface area contributed by atoms with Gasteiger partial charge in [0.25, 0.3) is 5.91 Å². The lowest BCUT2D eigenvalue weighted by molar-refractivity contribution is 0.0692.